The standard InChI is InChI=1S/C23H36N4O3.HI/c1-24-23(25-13-10-22(28)26-17-19-7-3-2-4-8-19)27-14-11-20(12-15-27)30-18-21-9-5-6-16-29-21;/h2-4,7-8,20-21H,5-6,9-18H2,1H3,(H,24,25)(H,26,28);1H. The van der Waals surface area contributed by atoms with Gasteiger partial charge in [-0.05, 0) is 37.7 Å². The van der Waals surface area contributed by atoms with E-state index in [-0.39, 0.29) is 36.0 Å². The largest absolute Gasteiger partial charge is 0.376 e. The summed E-state index contributed by atoms with van der Waals surface area (Å²) in [6.45, 7) is 4.55. The zero-order valence-corrected chi connectivity index (χ0v) is 20.9. The van der Waals surface area contributed by atoms with Gasteiger partial charge < -0.3 is 25.0 Å². The van der Waals surface area contributed by atoms with Crippen LogP contribution in [0.5, 0.6) is 0 Å². The molecule has 0 saturated carbocycles. The van der Waals surface area contributed by atoms with Crippen LogP contribution < -0.4 is 10.6 Å². The lowest BCUT2D eigenvalue weighted by atomic mass is 10.1. The number of carbonyl (C=O) groups excluding carboxylic acids is 1. The van der Waals surface area contributed by atoms with Crippen LogP contribution in [0, 0.1) is 0 Å². The normalized spacial score (nSPS) is 20.1. The summed E-state index contributed by atoms with van der Waals surface area (Å²) in [4.78, 5) is 18.7. The van der Waals surface area contributed by atoms with Gasteiger partial charge in [-0.15, -0.1) is 24.0 Å². The summed E-state index contributed by atoms with van der Waals surface area (Å²) in [6.07, 6.45) is 6.53. The van der Waals surface area contributed by atoms with Gasteiger partial charge in [-0.25, -0.2) is 0 Å². The summed E-state index contributed by atoms with van der Waals surface area (Å²) >= 11 is 0. The molecule has 1 atom stereocenters. The lowest BCUT2D eigenvalue weighted by Gasteiger charge is -2.35. The zero-order chi connectivity index (χ0) is 21.0. The van der Waals surface area contributed by atoms with Crippen LogP contribution in [-0.4, -0.2) is 68.9 Å². The predicted octanol–water partition coefficient (Wildman–Crippen LogP) is 2.94. The summed E-state index contributed by atoms with van der Waals surface area (Å²) in [5.41, 5.74) is 1.11. The van der Waals surface area contributed by atoms with Gasteiger partial charge in [0.25, 0.3) is 0 Å². The van der Waals surface area contributed by atoms with E-state index in [1.54, 1.807) is 7.05 Å². The summed E-state index contributed by atoms with van der Waals surface area (Å²) in [5, 5.41) is 6.28. The van der Waals surface area contributed by atoms with Gasteiger partial charge in [0.15, 0.2) is 5.96 Å². The van der Waals surface area contributed by atoms with Gasteiger partial charge in [0.1, 0.15) is 0 Å². The lowest BCUT2D eigenvalue weighted by Crippen LogP contribution is -2.47. The van der Waals surface area contributed by atoms with Gasteiger partial charge in [0.2, 0.25) is 5.91 Å². The van der Waals surface area contributed by atoms with E-state index in [1.165, 1.54) is 12.8 Å². The quantitative estimate of drug-likeness (QED) is 0.299. The average Bonchev–Trinajstić information content (AvgIpc) is 2.81. The summed E-state index contributed by atoms with van der Waals surface area (Å²) < 4.78 is 11.8. The topological polar surface area (TPSA) is 75.2 Å². The van der Waals surface area contributed by atoms with Gasteiger partial charge >= 0.3 is 0 Å². The van der Waals surface area contributed by atoms with Crippen LogP contribution >= 0.6 is 24.0 Å². The van der Waals surface area contributed by atoms with E-state index in [4.69, 9.17) is 9.47 Å². The number of nitrogens with one attached hydrogen (secondary N) is 2. The van der Waals surface area contributed by atoms with Gasteiger partial charge in [-0.3, -0.25) is 9.79 Å². The number of benzene rings is 1. The van der Waals surface area contributed by atoms with Crippen LogP contribution in [0.1, 0.15) is 44.1 Å². The molecular formula is C23H37IN4O3. The molecule has 1 unspecified atom stereocenters. The minimum Gasteiger partial charge on any atom is -0.376 e. The maximum atomic E-state index is 12.1. The number of hydrogen-bond acceptors (Lipinski definition) is 4. The summed E-state index contributed by atoms with van der Waals surface area (Å²) in [5.74, 6) is 0.902. The molecule has 2 aliphatic rings. The Morgan fingerprint density at radius 2 is 1.94 bits per heavy atom. The third-order valence-corrected chi connectivity index (χ3v) is 5.71. The molecule has 1 aromatic carbocycles. The Kier molecular flexibility index (Phi) is 12.2. The Bertz CT molecular complexity index is 660. The Hall–Kier alpha value is -1.39. The number of nitrogens with zero attached hydrogens (tertiary/aromatic N) is 2. The number of hydrogen-bond donors (Lipinski definition) is 2. The van der Waals surface area contributed by atoms with Crippen LogP contribution in [-0.2, 0) is 20.8 Å². The number of halogens is 1. The molecule has 0 aromatic heterocycles. The maximum absolute atomic E-state index is 12.1. The number of carbonyl (C=O) groups is 1. The number of piperidine rings is 1. The molecule has 2 heterocycles. The molecule has 1 aromatic rings. The van der Waals surface area contributed by atoms with Gasteiger partial charge in [0, 0.05) is 46.3 Å². The van der Waals surface area contributed by atoms with Crippen LogP contribution in [0.25, 0.3) is 0 Å². The highest BCUT2D eigenvalue weighted by atomic mass is 127. The Morgan fingerprint density at radius 1 is 1.16 bits per heavy atom. The molecular weight excluding hydrogens is 507 g/mol. The molecule has 0 bridgehead atoms. The molecule has 1 amide bonds. The molecule has 2 aliphatic heterocycles. The highest BCUT2D eigenvalue weighted by Gasteiger charge is 2.23. The van der Waals surface area contributed by atoms with E-state index in [9.17, 15) is 4.79 Å². The van der Waals surface area contributed by atoms with Crippen molar-refractivity contribution in [3.63, 3.8) is 0 Å². The Balaban J connectivity index is 0.00000341. The third kappa shape index (κ3) is 9.33. The molecule has 31 heavy (non-hydrogen) atoms. The van der Waals surface area contributed by atoms with Crippen LogP contribution in [0.15, 0.2) is 35.3 Å². The van der Waals surface area contributed by atoms with Crippen molar-refractivity contribution in [3.05, 3.63) is 35.9 Å². The number of amides is 1. The maximum Gasteiger partial charge on any atom is 0.222 e. The monoisotopic (exact) mass is 544 g/mol. The molecule has 174 valence electrons. The first kappa shape index (κ1) is 25.9. The van der Waals surface area contributed by atoms with E-state index >= 15 is 0 Å². The second-order valence-electron chi connectivity index (χ2n) is 7.99. The molecule has 2 N–H and O–H groups in total. The Morgan fingerprint density at radius 3 is 2.61 bits per heavy atom. The fraction of sp³-hybridized carbons (Fsp3) is 0.652. The number of rotatable bonds is 8. The third-order valence-electron chi connectivity index (χ3n) is 5.71. The Labute approximate surface area is 203 Å². The predicted molar refractivity (Wildman–Crippen MR) is 134 cm³/mol. The molecule has 0 aliphatic carbocycles. The molecule has 0 radical (unpaired) electrons. The SMILES string of the molecule is CN=C(NCCC(=O)NCc1ccccc1)N1CCC(OCC2CCCCO2)CC1.I. The van der Waals surface area contributed by atoms with E-state index in [1.807, 2.05) is 30.3 Å². The average molecular weight is 544 g/mol. The highest BCUT2D eigenvalue weighted by molar-refractivity contribution is 14.0. The second-order valence-corrected chi connectivity index (χ2v) is 7.99. The molecule has 7 nitrogen and oxygen atoms in total. The van der Waals surface area contributed by atoms with Crippen molar-refractivity contribution in [2.45, 2.75) is 57.3 Å². The van der Waals surface area contributed by atoms with Crippen molar-refractivity contribution in [2.24, 2.45) is 4.99 Å². The lowest BCUT2D eigenvalue weighted by molar-refractivity contribution is -0.121. The van der Waals surface area contributed by atoms with Gasteiger partial charge in [-0.2, -0.15) is 0 Å². The number of ether oxygens (including phenoxy) is 2. The highest BCUT2D eigenvalue weighted by Crippen LogP contribution is 2.17. The molecule has 3 rings (SSSR count). The first-order valence-corrected chi connectivity index (χ1v) is 11.2. The van der Waals surface area contributed by atoms with Crippen LogP contribution in [0.2, 0.25) is 0 Å². The summed E-state index contributed by atoms with van der Waals surface area (Å²) in [7, 11) is 1.79. The van der Waals surface area contributed by atoms with E-state index in [0.29, 0.717) is 25.6 Å². The second kappa shape index (κ2) is 14.6. The first-order valence-electron chi connectivity index (χ1n) is 11.2. The molecule has 8 heteroatoms. The first-order chi connectivity index (χ1) is 14.7. The van der Waals surface area contributed by atoms with Crippen molar-refractivity contribution < 1.29 is 14.3 Å². The van der Waals surface area contributed by atoms with Crippen LogP contribution in [0.3, 0.4) is 0 Å². The molecule has 0 spiro atoms. The van der Waals surface area contributed by atoms with Crippen molar-refractivity contribution in [3.8, 4) is 0 Å². The van der Waals surface area contributed by atoms with E-state index < -0.39 is 0 Å². The number of guanidine groups is 1. The van der Waals surface area contributed by atoms with Crippen LogP contribution in [0.4, 0.5) is 0 Å². The zero-order valence-electron chi connectivity index (χ0n) is 18.6. The summed E-state index contributed by atoms with van der Waals surface area (Å²) in [6, 6.07) is 9.95. The van der Waals surface area contributed by atoms with E-state index in [2.05, 4.69) is 20.5 Å². The van der Waals surface area contributed by atoms with Crippen molar-refractivity contribution in [1.82, 2.24) is 15.5 Å². The van der Waals surface area contributed by atoms with Crippen molar-refractivity contribution in [2.75, 3.05) is 39.9 Å². The molecule has 2 fully saturated rings. The van der Waals surface area contributed by atoms with Crippen molar-refractivity contribution in [1.29, 1.82) is 0 Å². The molecule has 2 saturated heterocycles. The van der Waals surface area contributed by atoms with Gasteiger partial charge in [0.05, 0.1) is 18.8 Å². The van der Waals surface area contributed by atoms with Gasteiger partial charge in [-0.1, -0.05) is 30.3 Å². The fourth-order valence-electron chi connectivity index (χ4n) is 3.92. The minimum atomic E-state index is 0. The van der Waals surface area contributed by atoms with Crippen molar-refractivity contribution >= 4 is 35.8 Å². The number of aliphatic imine (C=N–C) groups is 1. The fourth-order valence-corrected chi connectivity index (χ4v) is 3.92. The van der Waals surface area contributed by atoms with E-state index in [0.717, 1.165) is 57.1 Å². The minimum absolute atomic E-state index is 0. The smallest absolute Gasteiger partial charge is 0.222 e. The number of likely N-dealkylation sites (tertiary alicyclic amines) is 1.